The molecule has 27 heavy (non-hydrogen) atoms. The molecule has 0 radical (unpaired) electrons. The van der Waals surface area contributed by atoms with Gasteiger partial charge in [-0.2, -0.15) is 4.98 Å². The molecule has 0 fully saturated rings. The third-order valence-electron chi connectivity index (χ3n) is 3.76. The lowest BCUT2D eigenvalue weighted by Gasteiger charge is -2.09. The van der Waals surface area contributed by atoms with Crippen molar-refractivity contribution >= 4 is 17.5 Å². The molecule has 0 atom stereocenters. The quantitative estimate of drug-likeness (QED) is 0.472. The van der Waals surface area contributed by atoms with Crippen LogP contribution < -0.4 is 15.4 Å². The minimum Gasteiger partial charge on any atom is -0.467 e. The Labute approximate surface area is 156 Å². The van der Waals surface area contributed by atoms with E-state index in [9.17, 15) is 0 Å². The maximum atomic E-state index is 5.80. The van der Waals surface area contributed by atoms with Crippen LogP contribution in [0.25, 0.3) is 0 Å². The number of furan rings is 1. The molecule has 0 aliphatic carbocycles. The minimum absolute atomic E-state index is 0.528. The van der Waals surface area contributed by atoms with Gasteiger partial charge in [0.05, 0.1) is 12.8 Å². The Morgan fingerprint density at radius 2 is 1.67 bits per heavy atom. The summed E-state index contributed by atoms with van der Waals surface area (Å²) in [6.45, 7) is 0.530. The molecule has 6 nitrogen and oxygen atoms in total. The van der Waals surface area contributed by atoms with E-state index >= 15 is 0 Å². The number of benzene rings is 2. The van der Waals surface area contributed by atoms with E-state index in [1.165, 1.54) is 0 Å². The highest BCUT2D eigenvalue weighted by atomic mass is 16.5. The van der Waals surface area contributed by atoms with E-state index in [1.807, 2.05) is 72.8 Å². The summed E-state index contributed by atoms with van der Waals surface area (Å²) in [5.74, 6) is 3.63. The number of anilines is 3. The summed E-state index contributed by atoms with van der Waals surface area (Å²) in [5, 5.41) is 6.39. The van der Waals surface area contributed by atoms with E-state index in [4.69, 9.17) is 9.15 Å². The number of ether oxygens (including phenoxy) is 1. The summed E-state index contributed by atoms with van der Waals surface area (Å²) in [5.41, 5.74) is 0.908. The number of nitrogens with zero attached hydrogens (tertiary/aromatic N) is 2. The van der Waals surface area contributed by atoms with Crippen LogP contribution in [-0.4, -0.2) is 9.97 Å². The first-order valence-electron chi connectivity index (χ1n) is 8.54. The lowest BCUT2D eigenvalue weighted by Crippen LogP contribution is -2.04. The molecule has 4 rings (SSSR count). The molecule has 0 spiro atoms. The highest BCUT2D eigenvalue weighted by Crippen LogP contribution is 2.24. The van der Waals surface area contributed by atoms with E-state index in [2.05, 4.69) is 20.6 Å². The summed E-state index contributed by atoms with van der Waals surface area (Å²) >= 11 is 0. The Morgan fingerprint density at radius 1 is 0.852 bits per heavy atom. The number of hydrogen-bond acceptors (Lipinski definition) is 6. The van der Waals surface area contributed by atoms with Crippen LogP contribution in [0.2, 0.25) is 0 Å². The lowest BCUT2D eigenvalue weighted by atomic mass is 10.3. The Hall–Kier alpha value is -3.80. The number of aromatic nitrogens is 2. The Morgan fingerprint density at radius 3 is 2.44 bits per heavy atom. The summed E-state index contributed by atoms with van der Waals surface area (Å²) in [7, 11) is 0. The molecular formula is C21H18N4O2. The van der Waals surface area contributed by atoms with Crippen LogP contribution in [-0.2, 0) is 6.54 Å². The average Bonchev–Trinajstić information content (AvgIpc) is 3.23. The van der Waals surface area contributed by atoms with Gasteiger partial charge in [0, 0.05) is 11.9 Å². The number of hydrogen-bond donors (Lipinski definition) is 2. The maximum Gasteiger partial charge on any atom is 0.224 e. The zero-order valence-corrected chi connectivity index (χ0v) is 14.5. The molecule has 2 aromatic carbocycles. The molecule has 134 valence electrons. The van der Waals surface area contributed by atoms with Crippen LogP contribution in [0.15, 0.2) is 89.7 Å². The normalized spacial score (nSPS) is 10.4. The van der Waals surface area contributed by atoms with Gasteiger partial charge in [-0.05, 0) is 54.6 Å². The van der Waals surface area contributed by atoms with Gasteiger partial charge in [-0.3, -0.25) is 0 Å². The number of rotatable bonds is 7. The molecule has 0 saturated heterocycles. The largest absolute Gasteiger partial charge is 0.467 e. The van der Waals surface area contributed by atoms with Crippen LogP contribution in [0.4, 0.5) is 17.5 Å². The van der Waals surface area contributed by atoms with Gasteiger partial charge in [0.25, 0.3) is 0 Å². The van der Waals surface area contributed by atoms with Gasteiger partial charge >= 0.3 is 0 Å². The molecule has 2 aromatic heterocycles. The molecule has 0 aliphatic rings. The Kier molecular flexibility index (Phi) is 4.97. The first kappa shape index (κ1) is 16.7. The van der Waals surface area contributed by atoms with Crippen molar-refractivity contribution in [1.82, 2.24) is 9.97 Å². The second kappa shape index (κ2) is 8.05. The van der Waals surface area contributed by atoms with Crippen molar-refractivity contribution in [2.45, 2.75) is 6.54 Å². The van der Waals surface area contributed by atoms with Crippen molar-refractivity contribution < 1.29 is 9.15 Å². The number of para-hydroxylation sites is 1. The fraction of sp³-hybridized carbons (Fsp3) is 0.0476. The summed E-state index contributed by atoms with van der Waals surface area (Å²) in [4.78, 5) is 8.67. The maximum absolute atomic E-state index is 5.80. The van der Waals surface area contributed by atoms with Gasteiger partial charge in [0.1, 0.15) is 23.1 Å². The van der Waals surface area contributed by atoms with Crippen LogP contribution in [0.5, 0.6) is 11.5 Å². The van der Waals surface area contributed by atoms with E-state index < -0.39 is 0 Å². The highest BCUT2D eigenvalue weighted by molar-refractivity contribution is 5.58. The van der Waals surface area contributed by atoms with Crippen LogP contribution in [0.3, 0.4) is 0 Å². The van der Waals surface area contributed by atoms with Crippen LogP contribution >= 0.6 is 0 Å². The third kappa shape index (κ3) is 4.64. The molecule has 0 amide bonds. The van der Waals surface area contributed by atoms with Gasteiger partial charge in [0.2, 0.25) is 5.95 Å². The zero-order chi connectivity index (χ0) is 18.3. The van der Waals surface area contributed by atoms with E-state index in [0.29, 0.717) is 18.3 Å². The topological polar surface area (TPSA) is 72.2 Å². The minimum atomic E-state index is 0.528. The van der Waals surface area contributed by atoms with Crippen LogP contribution in [0, 0.1) is 0 Å². The standard InChI is InChI=1S/C21H18N4O2/c1-2-5-17(6-3-1)27-18-10-8-16(9-11-18)24-20-12-13-22-21(25-20)23-15-19-7-4-14-26-19/h1-14H,15H2,(H2,22,23,24,25). The van der Waals surface area contributed by atoms with Gasteiger partial charge in [-0.15, -0.1) is 0 Å². The molecule has 0 bridgehead atoms. The smallest absolute Gasteiger partial charge is 0.224 e. The van der Waals surface area contributed by atoms with Gasteiger partial charge in [-0.1, -0.05) is 18.2 Å². The molecule has 2 heterocycles. The molecule has 0 saturated carbocycles. The van der Waals surface area contributed by atoms with Gasteiger partial charge in [0.15, 0.2) is 0 Å². The molecular weight excluding hydrogens is 340 g/mol. The predicted molar refractivity (Wildman–Crippen MR) is 104 cm³/mol. The summed E-state index contributed by atoms with van der Waals surface area (Å²) < 4.78 is 11.1. The Balaban J connectivity index is 1.38. The predicted octanol–water partition coefficient (Wildman–Crippen LogP) is 5.22. The second-order valence-corrected chi connectivity index (χ2v) is 5.76. The van der Waals surface area contributed by atoms with Gasteiger partial charge < -0.3 is 19.8 Å². The van der Waals surface area contributed by atoms with Crippen molar-refractivity contribution in [2.24, 2.45) is 0 Å². The second-order valence-electron chi connectivity index (χ2n) is 5.76. The molecule has 6 heteroatoms. The number of nitrogens with one attached hydrogen (secondary N) is 2. The monoisotopic (exact) mass is 358 g/mol. The van der Waals surface area contributed by atoms with Crippen molar-refractivity contribution in [3.63, 3.8) is 0 Å². The van der Waals surface area contributed by atoms with Crippen LogP contribution in [0.1, 0.15) is 5.76 Å². The van der Waals surface area contributed by atoms with E-state index in [1.54, 1.807) is 12.5 Å². The van der Waals surface area contributed by atoms with Crippen molar-refractivity contribution in [3.05, 3.63) is 91.0 Å². The molecule has 0 aliphatic heterocycles. The zero-order valence-electron chi connectivity index (χ0n) is 14.5. The molecule has 4 aromatic rings. The van der Waals surface area contributed by atoms with Crippen molar-refractivity contribution in [2.75, 3.05) is 10.6 Å². The summed E-state index contributed by atoms with van der Waals surface area (Å²) in [6.07, 6.45) is 3.34. The Bertz CT molecular complexity index is 971. The highest BCUT2D eigenvalue weighted by Gasteiger charge is 2.02. The summed E-state index contributed by atoms with van der Waals surface area (Å²) in [6, 6.07) is 22.9. The van der Waals surface area contributed by atoms with E-state index in [0.717, 1.165) is 22.9 Å². The van der Waals surface area contributed by atoms with Crippen molar-refractivity contribution in [1.29, 1.82) is 0 Å². The fourth-order valence-electron chi connectivity index (χ4n) is 2.47. The first-order chi connectivity index (χ1) is 13.3. The average molecular weight is 358 g/mol. The first-order valence-corrected chi connectivity index (χ1v) is 8.54. The van der Waals surface area contributed by atoms with Crippen molar-refractivity contribution in [3.8, 4) is 11.5 Å². The third-order valence-corrected chi connectivity index (χ3v) is 3.76. The van der Waals surface area contributed by atoms with E-state index in [-0.39, 0.29) is 0 Å². The lowest BCUT2D eigenvalue weighted by molar-refractivity contribution is 0.483. The molecule has 0 unspecified atom stereocenters. The SMILES string of the molecule is c1ccc(Oc2ccc(Nc3ccnc(NCc4ccco4)n3)cc2)cc1. The fourth-order valence-corrected chi connectivity index (χ4v) is 2.47. The molecule has 2 N–H and O–H groups in total. The van der Waals surface area contributed by atoms with Gasteiger partial charge in [-0.25, -0.2) is 4.98 Å².